The standard InChI is InChI=1S/C11H19NO/c1-9(13)6-7-11(8-12)10-4-2-3-5-10/h9-11,13H,2-7H2,1H3. The van der Waals surface area contributed by atoms with Crippen molar-refractivity contribution in [2.75, 3.05) is 0 Å². The van der Waals surface area contributed by atoms with Crippen molar-refractivity contribution in [3.8, 4) is 6.07 Å². The van der Waals surface area contributed by atoms with Crippen molar-refractivity contribution >= 4 is 0 Å². The van der Waals surface area contributed by atoms with Gasteiger partial charge in [-0.05, 0) is 38.5 Å². The molecule has 0 heterocycles. The van der Waals surface area contributed by atoms with Crippen LogP contribution in [0.25, 0.3) is 0 Å². The SMILES string of the molecule is CC(O)CCC(C#N)C1CCCC1. The lowest BCUT2D eigenvalue weighted by Gasteiger charge is -2.16. The zero-order chi connectivity index (χ0) is 9.68. The second-order valence-electron chi connectivity index (χ2n) is 4.21. The van der Waals surface area contributed by atoms with Crippen molar-refractivity contribution in [1.29, 1.82) is 5.26 Å². The van der Waals surface area contributed by atoms with Crippen LogP contribution in [0.5, 0.6) is 0 Å². The molecule has 0 aromatic heterocycles. The molecule has 13 heavy (non-hydrogen) atoms. The summed E-state index contributed by atoms with van der Waals surface area (Å²) < 4.78 is 0. The molecule has 2 unspecified atom stereocenters. The molecule has 0 amide bonds. The largest absolute Gasteiger partial charge is 0.393 e. The van der Waals surface area contributed by atoms with E-state index in [0.29, 0.717) is 5.92 Å². The van der Waals surface area contributed by atoms with Crippen LogP contribution in [0.3, 0.4) is 0 Å². The molecule has 2 nitrogen and oxygen atoms in total. The highest BCUT2D eigenvalue weighted by atomic mass is 16.3. The van der Waals surface area contributed by atoms with Crippen LogP contribution in [0.15, 0.2) is 0 Å². The van der Waals surface area contributed by atoms with Gasteiger partial charge in [-0.1, -0.05) is 12.8 Å². The van der Waals surface area contributed by atoms with Crippen LogP contribution in [-0.4, -0.2) is 11.2 Å². The summed E-state index contributed by atoms with van der Waals surface area (Å²) in [7, 11) is 0. The molecule has 2 heteroatoms. The fraction of sp³-hybridized carbons (Fsp3) is 0.909. The van der Waals surface area contributed by atoms with Gasteiger partial charge in [-0.15, -0.1) is 0 Å². The lowest BCUT2D eigenvalue weighted by Crippen LogP contribution is -2.12. The summed E-state index contributed by atoms with van der Waals surface area (Å²) in [5.74, 6) is 0.806. The minimum atomic E-state index is -0.253. The predicted octanol–water partition coefficient (Wildman–Crippen LogP) is 2.48. The normalized spacial score (nSPS) is 22.5. The molecule has 74 valence electrons. The van der Waals surface area contributed by atoms with E-state index in [2.05, 4.69) is 6.07 Å². The Kier molecular flexibility index (Phi) is 4.24. The zero-order valence-corrected chi connectivity index (χ0v) is 8.37. The van der Waals surface area contributed by atoms with E-state index in [-0.39, 0.29) is 12.0 Å². The highest BCUT2D eigenvalue weighted by Gasteiger charge is 2.24. The molecular formula is C11H19NO. The van der Waals surface area contributed by atoms with Crippen molar-refractivity contribution in [3.63, 3.8) is 0 Å². The second-order valence-corrected chi connectivity index (χ2v) is 4.21. The zero-order valence-electron chi connectivity index (χ0n) is 8.37. The topological polar surface area (TPSA) is 44.0 Å². The summed E-state index contributed by atoms with van der Waals surface area (Å²) >= 11 is 0. The minimum absolute atomic E-state index is 0.192. The molecule has 0 aromatic carbocycles. The van der Waals surface area contributed by atoms with Crippen LogP contribution < -0.4 is 0 Å². The van der Waals surface area contributed by atoms with Gasteiger partial charge in [0.25, 0.3) is 0 Å². The van der Waals surface area contributed by atoms with E-state index in [1.54, 1.807) is 6.92 Å². The Labute approximate surface area is 80.6 Å². The van der Waals surface area contributed by atoms with Crippen molar-refractivity contribution in [1.82, 2.24) is 0 Å². The van der Waals surface area contributed by atoms with Crippen LogP contribution in [-0.2, 0) is 0 Å². The van der Waals surface area contributed by atoms with Crippen LogP contribution in [0, 0.1) is 23.2 Å². The predicted molar refractivity (Wildman–Crippen MR) is 52.0 cm³/mol. The lowest BCUT2D eigenvalue weighted by atomic mass is 9.88. The maximum Gasteiger partial charge on any atom is 0.0658 e. The van der Waals surface area contributed by atoms with Gasteiger partial charge in [-0.3, -0.25) is 0 Å². The molecule has 0 aliphatic heterocycles. The number of nitrogens with zero attached hydrogens (tertiary/aromatic N) is 1. The molecule has 1 aliphatic rings. The molecule has 0 aromatic rings. The van der Waals surface area contributed by atoms with Gasteiger partial charge < -0.3 is 5.11 Å². The quantitative estimate of drug-likeness (QED) is 0.724. The van der Waals surface area contributed by atoms with Crippen molar-refractivity contribution in [2.24, 2.45) is 11.8 Å². The molecule has 1 aliphatic carbocycles. The monoisotopic (exact) mass is 181 g/mol. The maximum atomic E-state index is 9.13. The molecule has 1 rings (SSSR count). The Bertz CT molecular complexity index is 177. The number of nitriles is 1. The highest BCUT2D eigenvalue weighted by molar-refractivity contribution is 4.90. The molecule has 0 saturated heterocycles. The first kappa shape index (κ1) is 10.5. The molecule has 1 fully saturated rings. The Morgan fingerprint density at radius 2 is 2.00 bits per heavy atom. The van der Waals surface area contributed by atoms with Gasteiger partial charge in [0.1, 0.15) is 0 Å². The van der Waals surface area contributed by atoms with E-state index < -0.39 is 0 Å². The maximum absolute atomic E-state index is 9.13. The third-order valence-corrected chi connectivity index (χ3v) is 3.03. The molecule has 1 saturated carbocycles. The first-order valence-electron chi connectivity index (χ1n) is 5.31. The van der Waals surface area contributed by atoms with Crippen LogP contribution in [0.2, 0.25) is 0 Å². The Morgan fingerprint density at radius 1 is 1.38 bits per heavy atom. The van der Waals surface area contributed by atoms with Gasteiger partial charge in [0.2, 0.25) is 0 Å². The Balaban J connectivity index is 2.30. The summed E-state index contributed by atoms with van der Waals surface area (Å²) in [5, 5.41) is 18.1. The van der Waals surface area contributed by atoms with E-state index >= 15 is 0 Å². The summed E-state index contributed by atoms with van der Waals surface area (Å²) in [4.78, 5) is 0. The van der Waals surface area contributed by atoms with E-state index in [1.807, 2.05) is 0 Å². The van der Waals surface area contributed by atoms with Crippen LogP contribution >= 0.6 is 0 Å². The number of rotatable bonds is 4. The Morgan fingerprint density at radius 3 is 2.46 bits per heavy atom. The molecule has 0 bridgehead atoms. The van der Waals surface area contributed by atoms with E-state index in [0.717, 1.165) is 12.8 Å². The number of hydrogen-bond donors (Lipinski definition) is 1. The minimum Gasteiger partial charge on any atom is -0.393 e. The first-order valence-corrected chi connectivity index (χ1v) is 5.31. The first-order chi connectivity index (χ1) is 6.24. The molecule has 0 radical (unpaired) electrons. The third kappa shape index (κ3) is 3.36. The highest BCUT2D eigenvalue weighted by Crippen LogP contribution is 2.33. The Hall–Kier alpha value is -0.550. The van der Waals surface area contributed by atoms with E-state index in [1.165, 1.54) is 25.7 Å². The van der Waals surface area contributed by atoms with Gasteiger partial charge in [-0.2, -0.15) is 5.26 Å². The summed E-state index contributed by atoms with van der Waals surface area (Å²) in [6.07, 6.45) is 6.41. The van der Waals surface area contributed by atoms with Crippen LogP contribution in [0.4, 0.5) is 0 Å². The molecule has 0 spiro atoms. The molecule has 2 atom stereocenters. The third-order valence-electron chi connectivity index (χ3n) is 3.03. The van der Waals surface area contributed by atoms with Gasteiger partial charge >= 0.3 is 0 Å². The van der Waals surface area contributed by atoms with Crippen LogP contribution in [0.1, 0.15) is 45.4 Å². The smallest absolute Gasteiger partial charge is 0.0658 e. The van der Waals surface area contributed by atoms with Crippen molar-refractivity contribution in [2.45, 2.75) is 51.6 Å². The lowest BCUT2D eigenvalue weighted by molar-refractivity contribution is 0.171. The second kappa shape index (κ2) is 5.24. The molecular weight excluding hydrogens is 162 g/mol. The average Bonchev–Trinajstić information content (AvgIpc) is 2.58. The molecule has 1 N–H and O–H groups in total. The van der Waals surface area contributed by atoms with Gasteiger partial charge in [0.15, 0.2) is 0 Å². The number of hydrogen-bond acceptors (Lipinski definition) is 2. The number of aliphatic hydroxyl groups excluding tert-OH is 1. The van der Waals surface area contributed by atoms with Gasteiger partial charge in [-0.25, -0.2) is 0 Å². The summed E-state index contributed by atoms with van der Waals surface area (Å²) in [5.41, 5.74) is 0. The van der Waals surface area contributed by atoms with Gasteiger partial charge in [0, 0.05) is 5.92 Å². The average molecular weight is 181 g/mol. The van der Waals surface area contributed by atoms with E-state index in [4.69, 9.17) is 10.4 Å². The fourth-order valence-electron chi connectivity index (χ4n) is 2.19. The summed E-state index contributed by atoms with van der Waals surface area (Å²) in [6.45, 7) is 1.79. The van der Waals surface area contributed by atoms with Gasteiger partial charge in [0.05, 0.1) is 12.2 Å². The fourth-order valence-corrected chi connectivity index (χ4v) is 2.19. The van der Waals surface area contributed by atoms with Crippen molar-refractivity contribution in [3.05, 3.63) is 0 Å². The van der Waals surface area contributed by atoms with E-state index in [9.17, 15) is 0 Å². The summed E-state index contributed by atoms with van der Waals surface area (Å²) in [6, 6.07) is 2.39. The number of aliphatic hydroxyl groups is 1. The van der Waals surface area contributed by atoms with Crippen molar-refractivity contribution < 1.29 is 5.11 Å².